The van der Waals surface area contributed by atoms with Crippen molar-refractivity contribution in [2.75, 3.05) is 37.6 Å². The molecule has 2 fully saturated rings. The summed E-state index contributed by atoms with van der Waals surface area (Å²) in [5.74, 6) is 0. The van der Waals surface area contributed by atoms with Crippen molar-refractivity contribution >= 4 is 50.3 Å². The SMILES string of the molecule is O=S(=O)(c1cc(Cl)c(Cl)cc1Cl)C1(CCCN2CCN(c3ccccc3)CC2)CCC1. The largest absolute Gasteiger partial charge is 0.369 e. The van der Waals surface area contributed by atoms with Crippen molar-refractivity contribution in [1.82, 2.24) is 4.90 Å². The summed E-state index contributed by atoms with van der Waals surface area (Å²) >= 11 is 18.4. The molecule has 1 heterocycles. The van der Waals surface area contributed by atoms with E-state index in [-0.39, 0.29) is 20.0 Å². The van der Waals surface area contributed by atoms with Crippen LogP contribution in [-0.4, -0.2) is 50.8 Å². The maximum absolute atomic E-state index is 13.5. The third kappa shape index (κ3) is 4.72. The zero-order chi connectivity index (χ0) is 22.1. The summed E-state index contributed by atoms with van der Waals surface area (Å²) < 4.78 is 26.3. The van der Waals surface area contributed by atoms with Crippen LogP contribution in [0.15, 0.2) is 47.4 Å². The lowest BCUT2D eigenvalue weighted by atomic mass is 9.81. The molecular weight excluding hydrogens is 475 g/mol. The van der Waals surface area contributed by atoms with Crippen molar-refractivity contribution in [3.05, 3.63) is 57.5 Å². The summed E-state index contributed by atoms with van der Waals surface area (Å²) in [5.41, 5.74) is 1.26. The lowest BCUT2D eigenvalue weighted by molar-refractivity contribution is 0.234. The minimum Gasteiger partial charge on any atom is -0.369 e. The molecule has 8 heteroatoms. The summed E-state index contributed by atoms with van der Waals surface area (Å²) in [4.78, 5) is 4.95. The van der Waals surface area contributed by atoms with Gasteiger partial charge in [-0.3, -0.25) is 4.90 Å². The van der Waals surface area contributed by atoms with Crippen molar-refractivity contribution in [2.24, 2.45) is 0 Å². The maximum Gasteiger partial charge on any atom is 0.185 e. The Kier molecular flexibility index (Phi) is 7.09. The fourth-order valence-corrected chi connectivity index (χ4v) is 7.87. The Morgan fingerprint density at radius 1 is 0.871 bits per heavy atom. The predicted octanol–water partition coefficient (Wildman–Crippen LogP) is 5.95. The van der Waals surface area contributed by atoms with Gasteiger partial charge in [0.05, 0.1) is 24.7 Å². The van der Waals surface area contributed by atoms with Gasteiger partial charge < -0.3 is 4.90 Å². The van der Waals surface area contributed by atoms with Gasteiger partial charge in [-0.25, -0.2) is 8.42 Å². The first-order valence-electron chi connectivity index (χ1n) is 10.7. The predicted molar refractivity (Wildman–Crippen MR) is 130 cm³/mol. The molecular formula is C23H27Cl3N2O2S. The number of hydrogen-bond acceptors (Lipinski definition) is 4. The zero-order valence-electron chi connectivity index (χ0n) is 17.4. The molecule has 0 N–H and O–H groups in total. The molecule has 4 nitrogen and oxygen atoms in total. The summed E-state index contributed by atoms with van der Waals surface area (Å²) in [6.07, 6.45) is 3.77. The van der Waals surface area contributed by atoms with E-state index in [0.717, 1.165) is 45.6 Å². The topological polar surface area (TPSA) is 40.6 Å². The van der Waals surface area contributed by atoms with Crippen LogP contribution >= 0.6 is 34.8 Å². The Balaban J connectivity index is 1.36. The first-order valence-corrected chi connectivity index (χ1v) is 13.4. The highest BCUT2D eigenvalue weighted by molar-refractivity contribution is 7.93. The van der Waals surface area contributed by atoms with Gasteiger partial charge in [0.1, 0.15) is 0 Å². The van der Waals surface area contributed by atoms with Gasteiger partial charge in [-0.1, -0.05) is 59.4 Å². The second kappa shape index (κ2) is 9.48. The van der Waals surface area contributed by atoms with Crippen LogP contribution in [0, 0.1) is 0 Å². The zero-order valence-corrected chi connectivity index (χ0v) is 20.4. The highest BCUT2D eigenvalue weighted by Gasteiger charge is 2.49. The fraction of sp³-hybridized carbons (Fsp3) is 0.478. The molecule has 0 atom stereocenters. The van der Waals surface area contributed by atoms with Gasteiger partial charge in [-0.2, -0.15) is 0 Å². The van der Waals surface area contributed by atoms with Crippen LogP contribution in [-0.2, 0) is 9.84 Å². The third-order valence-electron chi connectivity index (χ3n) is 6.70. The van der Waals surface area contributed by atoms with Crippen LogP contribution in [0.5, 0.6) is 0 Å². The standard InChI is InChI=1S/C23H27Cl3N2O2S/c24-19-16-21(26)22(17-20(19)25)31(29,30)23(8-4-9-23)10-5-11-27-12-14-28(15-13-27)18-6-2-1-3-7-18/h1-3,6-7,16-17H,4-5,8-15H2. The molecule has 31 heavy (non-hydrogen) atoms. The van der Waals surface area contributed by atoms with E-state index >= 15 is 0 Å². The van der Waals surface area contributed by atoms with Gasteiger partial charge in [0.2, 0.25) is 0 Å². The lowest BCUT2D eigenvalue weighted by Gasteiger charge is -2.42. The molecule has 1 saturated carbocycles. The Morgan fingerprint density at radius 2 is 1.52 bits per heavy atom. The fourth-order valence-electron chi connectivity index (χ4n) is 4.66. The molecule has 1 saturated heterocycles. The molecule has 0 unspecified atom stereocenters. The summed E-state index contributed by atoms with van der Waals surface area (Å²) in [6, 6.07) is 13.3. The molecule has 2 aromatic carbocycles. The lowest BCUT2D eigenvalue weighted by Crippen LogP contribution is -2.48. The van der Waals surface area contributed by atoms with Gasteiger partial charge in [-0.15, -0.1) is 0 Å². The number of halogens is 3. The Bertz CT molecular complexity index is 1020. The molecule has 0 aromatic heterocycles. The van der Waals surface area contributed by atoms with E-state index < -0.39 is 14.6 Å². The molecule has 0 amide bonds. The Morgan fingerprint density at radius 3 is 2.13 bits per heavy atom. The summed E-state index contributed by atoms with van der Waals surface area (Å²) in [5, 5.41) is 0.635. The van der Waals surface area contributed by atoms with Crippen molar-refractivity contribution in [3.8, 4) is 0 Å². The van der Waals surface area contributed by atoms with Gasteiger partial charge in [0, 0.05) is 31.9 Å². The Labute approximate surface area is 200 Å². The molecule has 168 valence electrons. The van der Waals surface area contributed by atoms with E-state index in [1.807, 2.05) is 6.07 Å². The Hall–Kier alpha value is -0.980. The molecule has 2 aromatic rings. The van der Waals surface area contributed by atoms with Crippen molar-refractivity contribution in [1.29, 1.82) is 0 Å². The average Bonchev–Trinajstić information content (AvgIpc) is 2.73. The van der Waals surface area contributed by atoms with Gasteiger partial charge in [0.15, 0.2) is 9.84 Å². The number of sulfone groups is 1. The quantitative estimate of drug-likeness (QED) is 0.440. The first kappa shape index (κ1) is 23.2. The summed E-state index contributed by atoms with van der Waals surface area (Å²) in [6.45, 7) is 4.88. The van der Waals surface area contributed by atoms with Crippen LogP contribution in [0.1, 0.15) is 32.1 Å². The third-order valence-corrected chi connectivity index (χ3v) is 10.5. The van der Waals surface area contributed by atoms with E-state index in [2.05, 4.69) is 34.1 Å². The minimum absolute atomic E-state index is 0.111. The molecule has 0 radical (unpaired) electrons. The van der Waals surface area contributed by atoms with Crippen LogP contribution < -0.4 is 4.90 Å². The molecule has 2 aliphatic rings. The number of benzene rings is 2. The van der Waals surface area contributed by atoms with E-state index in [1.54, 1.807) is 0 Å². The number of para-hydroxylation sites is 1. The second-order valence-corrected chi connectivity index (χ2v) is 12.0. The van der Waals surface area contributed by atoms with E-state index in [4.69, 9.17) is 34.8 Å². The monoisotopic (exact) mass is 500 g/mol. The van der Waals surface area contributed by atoms with Gasteiger partial charge in [0.25, 0.3) is 0 Å². The molecule has 4 rings (SSSR count). The highest BCUT2D eigenvalue weighted by Crippen LogP contribution is 2.48. The van der Waals surface area contributed by atoms with Crippen molar-refractivity contribution < 1.29 is 8.42 Å². The van der Waals surface area contributed by atoms with E-state index in [1.165, 1.54) is 17.8 Å². The van der Waals surface area contributed by atoms with E-state index in [0.29, 0.717) is 19.3 Å². The smallest absolute Gasteiger partial charge is 0.185 e. The molecule has 0 spiro atoms. The van der Waals surface area contributed by atoms with Gasteiger partial charge >= 0.3 is 0 Å². The summed E-state index contributed by atoms with van der Waals surface area (Å²) in [7, 11) is -3.58. The van der Waals surface area contributed by atoms with Crippen LogP contribution in [0.25, 0.3) is 0 Å². The van der Waals surface area contributed by atoms with Crippen LogP contribution in [0.4, 0.5) is 5.69 Å². The van der Waals surface area contributed by atoms with Crippen molar-refractivity contribution in [2.45, 2.75) is 41.7 Å². The molecule has 1 aliphatic carbocycles. The maximum atomic E-state index is 13.5. The van der Waals surface area contributed by atoms with Crippen LogP contribution in [0.2, 0.25) is 15.1 Å². The van der Waals surface area contributed by atoms with Crippen molar-refractivity contribution in [3.63, 3.8) is 0 Å². The normalized spacial score (nSPS) is 19.3. The van der Waals surface area contributed by atoms with Crippen LogP contribution in [0.3, 0.4) is 0 Å². The average molecular weight is 502 g/mol. The second-order valence-electron chi connectivity index (χ2n) is 8.50. The number of piperazine rings is 1. The number of rotatable bonds is 7. The number of anilines is 1. The molecule has 0 bridgehead atoms. The number of hydrogen-bond donors (Lipinski definition) is 0. The number of nitrogens with zero attached hydrogens (tertiary/aromatic N) is 2. The minimum atomic E-state index is -3.58. The highest BCUT2D eigenvalue weighted by atomic mass is 35.5. The van der Waals surface area contributed by atoms with Gasteiger partial charge in [-0.05, 0) is 56.5 Å². The molecule has 1 aliphatic heterocycles. The van der Waals surface area contributed by atoms with E-state index in [9.17, 15) is 8.42 Å². The first-order chi connectivity index (χ1) is 14.8.